The summed E-state index contributed by atoms with van der Waals surface area (Å²) in [6.45, 7) is 0. The first kappa shape index (κ1) is 10.6. The number of hydrogen-bond acceptors (Lipinski definition) is 3. The van der Waals surface area contributed by atoms with Crippen LogP contribution in [0.1, 0.15) is 0 Å². The van der Waals surface area contributed by atoms with Crippen LogP contribution in [0.5, 0.6) is 0 Å². The predicted octanol–water partition coefficient (Wildman–Crippen LogP) is 1.29. The second-order valence-corrected chi connectivity index (χ2v) is 2.27. The van der Waals surface area contributed by atoms with E-state index in [0.717, 1.165) is 13.3 Å². The van der Waals surface area contributed by atoms with E-state index in [1.807, 2.05) is 0 Å². The minimum absolute atomic E-state index is 0.347. The first-order chi connectivity index (χ1) is 4.93. The van der Waals surface area contributed by atoms with Gasteiger partial charge < -0.3 is 10.5 Å². The zero-order valence-electron chi connectivity index (χ0n) is 5.72. The standard InChI is InChI=1S/C5H8F3NOS/c1-10-4(3(11)2-9)5(6,7)8/h2,4,11H,9H2,1H3/b3-2-. The van der Waals surface area contributed by atoms with Crippen molar-refractivity contribution < 1.29 is 17.9 Å². The number of thiol groups is 1. The molecule has 0 aliphatic carbocycles. The topological polar surface area (TPSA) is 35.2 Å². The van der Waals surface area contributed by atoms with Gasteiger partial charge in [0.25, 0.3) is 0 Å². The fourth-order valence-electron chi connectivity index (χ4n) is 0.509. The Morgan fingerprint density at radius 3 is 2.18 bits per heavy atom. The maximum atomic E-state index is 11.9. The van der Waals surface area contributed by atoms with Gasteiger partial charge in [0.1, 0.15) is 0 Å². The monoisotopic (exact) mass is 187 g/mol. The van der Waals surface area contributed by atoms with Crippen molar-refractivity contribution >= 4 is 12.6 Å². The highest BCUT2D eigenvalue weighted by molar-refractivity contribution is 7.84. The van der Waals surface area contributed by atoms with Gasteiger partial charge in [-0.2, -0.15) is 13.2 Å². The molecule has 0 amide bonds. The van der Waals surface area contributed by atoms with Crippen molar-refractivity contribution in [3.8, 4) is 0 Å². The van der Waals surface area contributed by atoms with E-state index in [1.165, 1.54) is 0 Å². The SMILES string of the molecule is COC(/C(S)=C/N)C(F)(F)F. The number of ether oxygens (including phenoxy) is 1. The summed E-state index contributed by atoms with van der Waals surface area (Å²) in [6, 6.07) is 0. The molecular weight excluding hydrogens is 179 g/mol. The maximum absolute atomic E-state index is 11.9. The molecule has 2 nitrogen and oxygen atoms in total. The number of methoxy groups -OCH3 is 1. The molecule has 0 aromatic carbocycles. The van der Waals surface area contributed by atoms with Crippen molar-refractivity contribution in [2.24, 2.45) is 5.73 Å². The summed E-state index contributed by atoms with van der Waals surface area (Å²) in [4.78, 5) is -0.347. The minimum Gasteiger partial charge on any atom is -0.404 e. The molecule has 0 bridgehead atoms. The average Bonchev–Trinajstić information content (AvgIpc) is 1.86. The zero-order valence-corrected chi connectivity index (χ0v) is 6.62. The van der Waals surface area contributed by atoms with E-state index < -0.39 is 12.3 Å². The van der Waals surface area contributed by atoms with E-state index in [4.69, 9.17) is 5.73 Å². The largest absolute Gasteiger partial charge is 0.419 e. The fourth-order valence-corrected chi connectivity index (χ4v) is 0.761. The number of alkyl halides is 3. The maximum Gasteiger partial charge on any atom is 0.419 e. The summed E-state index contributed by atoms with van der Waals surface area (Å²) in [5.41, 5.74) is 4.83. The van der Waals surface area contributed by atoms with E-state index in [0.29, 0.717) is 0 Å². The quantitative estimate of drug-likeness (QED) is 0.639. The molecular formula is C5H8F3NOS. The van der Waals surface area contributed by atoms with E-state index >= 15 is 0 Å². The first-order valence-electron chi connectivity index (χ1n) is 2.63. The van der Waals surface area contributed by atoms with Gasteiger partial charge in [-0.15, -0.1) is 12.6 Å². The molecule has 66 valence electrons. The molecule has 0 aliphatic heterocycles. The second-order valence-electron chi connectivity index (χ2n) is 1.75. The molecule has 0 saturated heterocycles. The molecule has 1 atom stereocenters. The van der Waals surface area contributed by atoms with Crippen LogP contribution in [0.4, 0.5) is 13.2 Å². The Balaban J connectivity index is 4.42. The van der Waals surface area contributed by atoms with Crippen molar-refractivity contribution in [2.75, 3.05) is 7.11 Å². The Hall–Kier alpha value is -0.360. The van der Waals surface area contributed by atoms with Gasteiger partial charge in [-0.05, 0) is 0 Å². The molecule has 0 radical (unpaired) electrons. The Bertz CT molecular complexity index is 156. The van der Waals surface area contributed by atoms with Gasteiger partial charge in [0.2, 0.25) is 0 Å². The first-order valence-corrected chi connectivity index (χ1v) is 3.08. The Morgan fingerprint density at radius 1 is 1.64 bits per heavy atom. The van der Waals surface area contributed by atoms with E-state index in [-0.39, 0.29) is 4.91 Å². The highest BCUT2D eigenvalue weighted by atomic mass is 32.1. The van der Waals surface area contributed by atoms with Crippen molar-refractivity contribution in [2.45, 2.75) is 12.3 Å². The minimum atomic E-state index is -4.46. The van der Waals surface area contributed by atoms with Crippen LogP contribution in [0.25, 0.3) is 0 Å². The van der Waals surface area contributed by atoms with Gasteiger partial charge >= 0.3 is 6.18 Å². The highest BCUT2D eigenvalue weighted by Gasteiger charge is 2.41. The Kier molecular flexibility index (Phi) is 3.74. The molecule has 1 unspecified atom stereocenters. The summed E-state index contributed by atoms with van der Waals surface area (Å²) >= 11 is 3.49. The molecule has 0 spiro atoms. The summed E-state index contributed by atoms with van der Waals surface area (Å²) in [7, 11) is 0.942. The lowest BCUT2D eigenvalue weighted by Gasteiger charge is -2.17. The smallest absolute Gasteiger partial charge is 0.404 e. The van der Waals surface area contributed by atoms with Crippen LogP contribution in [0, 0.1) is 0 Å². The van der Waals surface area contributed by atoms with Crippen molar-refractivity contribution in [1.82, 2.24) is 0 Å². The molecule has 0 aromatic rings. The summed E-state index contributed by atoms with van der Waals surface area (Å²) < 4.78 is 39.8. The van der Waals surface area contributed by atoms with E-state index in [1.54, 1.807) is 0 Å². The van der Waals surface area contributed by atoms with Crippen LogP contribution in [-0.2, 0) is 4.74 Å². The van der Waals surface area contributed by atoms with Crippen molar-refractivity contribution in [1.29, 1.82) is 0 Å². The molecule has 6 heteroatoms. The van der Waals surface area contributed by atoms with Gasteiger partial charge in [-0.25, -0.2) is 0 Å². The average molecular weight is 187 g/mol. The van der Waals surface area contributed by atoms with Gasteiger partial charge in [-0.1, -0.05) is 0 Å². The molecule has 11 heavy (non-hydrogen) atoms. The lowest BCUT2D eigenvalue weighted by molar-refractivity contribution is -0.197. The number of halogens is 3. The molecule has 2 N–H and O–H groups in total. The van der Waals surface area contributed by atoms with Crippen molar-refractivity contribution in [3.05, 3.63) is 11.1 Å². The van der Waals surface area contributed by atoms with Crippen LogP contribution < -0.4 is 5.73 Å². The Morgan fingerprint density at radius 2 is 2.09 bits per heavy atom. The Labute approximate surface area is 67.6 Å². The number of rotatable bonds is 2. The van der Waals surface area contributed by atoms with Crippen LogP contribution in [-0.4, -0.2) is 19.4 Å². The molecule has 0 fully saturated rings. The molecule has 0 aromatic heterocycles. The second kappa shape index (κ2) is 3.87. The third-order valence-electron chi connectivity index (χ3n) is 0.972. The molecule has 0 saturated carbocycles. The normalized spacial score (nSPS) is 16.6. The summed E-state index contributed by atoms with van der Waals surface area (Å²) in [5.74, 6) is 0. The van der Waals surface area contributed by atoms with Crippen LogP contribution in [0.3, 0.4) is 0 Å². The van der Waals surface area contributed by atoms with E-state index in [9.17, 15) is 13.2 Å². The highest BCUT2D eigenvalue weighted by Crippen LogP contribution is 2.28. The van der Waals surface area contributed by atoms with E-state index in [2.05, 4.69) is 17.4 Å². The molecule has 0 aliphatic rings. The number of hydrogen-bond donors (Lipinski definition) is 2. The van der Waals surface area contributed by atoms with Crippen molar-refractivity contribution in [3.63, 3.8) is 0 Å². The summed E-state index contributed by atoms with van der Waals surface area (Å²) in [5, 5.41) is 0. The lowest BCUT2D eigenvalue weighted by Crippen LogP contribution is -2.31. The van der Waals surface area contributed by atoms with Crippen LogP contribution >= 0.6 is 12.6 Å². The fraction of sp³-hybridized carbons (Fsp3) is 0.600. The third kappa shape index (κ3) is 3.02. The van der Waals surface area contributed by atoms with Gasteiger partial charge in [0, 0.05) is 18.2 Å². The van der Waals surface area contributed by atoms with Crippen LogP contribution in [0.15, 0.2) is 11.1 Å². The molecule has 0 rings (SSSR count). The van der Waals surface area contributed by atoms with Gasteiger partial charge in [0.05, 0.1) is 0 Å². The lowest BCUT2D eigenvalue weighted by atomic mass is 10.3. The zero-order chi connectivity index (χ0) is 9.07. The van der Waals surface area contributed by atoms with Crippen LogP contribution in [0.2, 0.25) is 0 Å². The third-order valence-corrected chi connectivity index (χ3v) is 1.36. The van der Waals surface area contributed by atoms with Gasteiger partial charge in [-0.3, -0.25) is 0 Å². The summed E-state index contributed by atoms with van der Waals surface area (Å²) in [6.07, 6.45) is -5.72. The predicted molar refractivity (Wildman–Crippen MR) is 38.1 cm³/mol. The molecule has 0 heterocycles. The number of nitrogens with two attached hydrogens (primary N) is 1. The van der Waals surface area contributed by atoms with Gasteiger partial charge in [0.15, 0.2) is 6.10 Å².